The van der Waals surface area contributed by atoms with Gasteiger partial charge in [0.1, 0.15) is 17.0 Å². The topological polar surface area (TPSA) is 35.4 Å². The van der Waals surface area contributed by atoms with E-state index in [1.807, 2.05) is 6.07 Å². The molecule has 0 saturated carbocycles. The molecule has 4 heterocycles. The Kier molecular flexibility index (Phi) is 5.98. The molecule has 0 amide bonds. The Morgan fingerprint density at radius 1 is 0.547 bits per heavy atom. The molecule has 0 radical (unpaired) electrons. The fourth-order valence-corrected chi connectivity index (χ4v) is 9.34. The van der Waals surface area contributed by atoms with Crippen LogP contribution in [-0.2, 0) is 12.8 Å². The summed E-state index contributed by atoms with van der Waals surface area (Å²) in [5, 5.41) is 7.38. The van der Waals surface area contributed by atoms with Crippen molar-refractivity contribution in [2.24, 2.45) is 4.99 Å². The highest BCUT2D eigenvalue weighted by Crippen LogP contribution is 2.43. The molecule has 1 aliphatic heterocycles. The number of furan rings is 1. The van der Waals surface area contributed by atoms with Crippen LogP contribution in [0.3, 0.4) is 0 Å². The van der Waals surface area contributed by atoms with E-state index in [4.69, 9.17) is 9.41 Å². The zero-order valence-corrected chi connectivity index (χ0v) is 29.0. The fraction of sp³-hybridized carbons (Fsp3) is 0.0816. The Labute approximate surface area is 305 Å². The molecule has 3 aromatic heterocycles. The van der Waals surface area contributed by atoms with Crippen molar-refractivity contribution in [1.82, 2.24) is 9.13 Å². The average molecular weight is 680 g/mol. The first-order valence-corrected chi connectivity index (χ1v) is 18.6. The quantitative estimate of drug-likeness (QED) is 0.179. The lowest BCUT2D eigenvalue weighted by Gasteiger charge is -2.27. The van der Waals surface area contributed by atoms with Gasteiger partial charge in [0.15, 0.2) is 0 Å². The van der Waals surface area contributed by atoms with E-state index in [9.17, 15) is 0 Å². The SMILES string of the molecule is C1=Cc2c(ccc3c2c2cc(-n4c5ccccc5c5ccccc54)ccc2n3C2=Nc3ccccc3CC2c2ccc3oc4ccccc4c3c2)CC1. The Bertz CT molecular complexity index is 3170. The van der Waals surface area contributed by atoms with Gasteiger partial charge in [0, 0.05) is 43.9 Å². The molecule has 7 aromatic carbocycles. The minimum Gasteiger partial charge on any atom is -0.456 e. The maximum atomic E-state index is 6.27. The van der Waals surface area contributed by atoms with E-state index >= 15 is 0 Å². The predicted molar refractivity (Wildman–Crippen MR) is 220 cm³/mol. The van der Waals surface area contributed by atoms with Crippen molar-refractivity contribution in [3.63, 3.8) is 0 Å². The minimum absolute atomic E-state index is 0.0327. The number of benzene rings is 7. The van der Waals surface area contributed by atoms with E-state index in [-0.39, 0.29) is 5.92 Å². The average Bonchev–Trinajstić information content (AvgIpc) is 3.87. The zero-order chi connectivity index (χ0) is 34.6. The van der Waals surface area contributed by atoms with Crippen LogP contribution in [0.1, 0.15) is 34.6 Å². The fourth-order valence-electron chi connectivity index (χ4n) is 9.34. The molecule has 0 spiro atoms. The summed E-state index contributed by atoms with van der Waals surface area (Å²) >= 11 is 0. The molecule has 4 heteroatoms. The van der Waals surface area contributed by atoms with Gasteiger partial charge in [0.2, 0.25) is 0 Å². The lowest BCUT2D eigenvalue weighted by Crippen LogP contribution is -2.25. The molecule has 0 N–H and O–H groups in total. The molecule has 2 aliphatic rings. The highest BCUT2D eigenvalue weighted by atomic mass is 16.3. The summed E-state index contributed by atoms with van der Waals surface area (Å²) in [5.41, 5.74) is 14.1. The van der Waals surface area contributed by atoms with Gasteiger partial charge in [-0.2, -0.15) is 0 Å². The minimum atomic E-state index is 0.0327. The van der Waals surface area contributed by atoms with Gasteiger partial charge < -0.3 is 8.98 Å². The van der Waals surface area contributed by atoms with E-state index in [1.54, 1.807) is 0 Å². The molecule has 250 valence electrons. The van der Waals surface area contributed by atoms with E-state index in [0.717, 1.165) is 58.4 Å². The monoisotopic (exact) mass is 679 g/mol. The number of aromatic nitrogens is 2. The van der Waals surface area contributed by atoms with Gasteiger partial charge in [-0.1, -0.05) is 97.1 Å². The summed E-state index contributed by atoms with van der Waals surface area (Å²) in [6.07, 6.45) is 7.67. The summed E-state index contributed by atoms with van der Waals surface area (Å²) in [4.78, 5) is 5.58. The molecular weight excluding hydrogens is 647 g/mol. The van der Waals surface area contributed by atoms with E-state index < -0.39 is 0 Å². The number of para-hydroxylation sites is 4. The van der Waals surface area contributed by atoms with Crippen molar-refractivity contribution >= 4 is 83.1 Å². The van der Waals surface area contributed by atoms with Crippen LogP contribution in [0.4, 0.5) is 5.69 Å². The molecular formula is C49H33N3O. The van der Waals surface area contributed by atoms with Crippen molar-refractivity contribution in [1.29, 1.82) is 0 Å². The smallest absolute Gasteiger partial charge is 0.135 e. The van der Waals surface area contributed by atoms with Crippen LogP contribution in [0.2, 0.25) is 0 Å². The number of aryl methyl sites for hydroxylation is 1. The maximum Gasteiger partial charge on any atom is 0.135 e. The molecule has 1 aliphatic carbocycles. The molecule has 1 atom stereocenters. The van der Waals surface area contributed by atoms with Crippen LogP contribution >= 0.6 is 0 Å². The van der Waals surface area contributed by atoms with Gasteiger partial charge in [0.25, 0.3) is 0 Å². The van der Waals surface area contributed by atoms with Gasteiger partial charge in [-0.05, 0) is 102 Å². The number of hydrogen-bond acceptors (Lipinski definition) is 2. The Morgan fingerprint density at radius 2 is 1.26 bits per heavy atom. The van der Waals surface area contributed by atoms with Crippen molar-refractivity contribution < 1.29 is 4.42 Å². The van der Waals surface area contributed by atoms with Crippen molar-refractivity contribution in [2.45, 2.75) is 25.2 Å². The second-order valence-electron chi connectivity index (χ2n) is 14.6. The highest BCUT2D eigenvalue weighted by Gasteiger charge is 2.30. The molecule has 12 rings (SSSR count). The van der Waals surface area contributed by atoms with Crippen molar-refractivity contribution in [3.05, 3.63) is 174 Å². The summed E-state index contributed by atoms with van der Waals surface area (Å²) in [7, 11) is 0. The summed E-state index contributed by atoms with van der Waals surface area (Å²) in [6, 6.07) is 53.0. The summed E-state index contributed by atoms with van der Waals surface area (Å²) in [5.74, 6) is 1.09. The van der Waals surface area contributed by atoms with Crippen LogP contribution in [-0.4, -0.2) is 15.0 Å². The third-order valence-corrected chi connectivity index (χ3v) is 11.7. The largest absolute Gasteiger partial charge is 0.456 e. The number of rotatable bonds is 2. The van der Waals surface area contributed by atoms with Crippen LogP contribution in [0.5, 0.6) is 0 Å². The third-order valence-electron chi connectivity index (χ3n) is 11.7. The van der Waals surface area contributed by atoms with Gasteiger partial charge in [-0.15, -0.1) is 0 Å². The first-order valence-electron chi connectivity index (χ1n) is 18.6. The van der Waals surface area contributed by atoms with Crippen molar-refractivity contribution in [3.8, 4) is 5.69 Å². The number of allylic oxidation sites excluding steroid dienone is 1. The van der Waals surface area contributed by atoms with Crippen LogP contribution in [0.25, 0.3) is 77.3 Å². The number of fused-ring (bicyclic) bond motifs is 12. The number of aliphatic imine (C=N–C) groups is 1. The first-order chi connectivity index (χ1) is 26.3. The van der Waals surface area contributed by atoms with E-state index in [1.165, 1.54) is 65.9 Å². The van der Waals surface area contributed by atoms with Crippen molar-refractivity contribution in [2.75, 3.05) is 0 Å². The standard InChI is InChI=1S/C49H33N3O/c1-3-13-34-30(11-1)21-24-45-48(34)40-29-33(51-42-18-8-4-14-35(42)36-15-5-9-19-43(36)51)23-25-44(40)52(45)49-38(28-32-12-2-7-17-41(32)50-49)31-22-26-47-39(27-31)37-16-6-10-20-46(37)53-47/h2-10,12-27,29,38H,1,11,28H2. The molecule has 0 saturated heterocycles. The van der Waals surface area contributed by atoms with Crippen LogP contribution in [0, 0.1) is 0 Å². The van der Waals surface area contributed by atoms with Gasteiger partial charge in [0.05, 0.1) is 27.8 Å². The Morgan fingerprint density at radius 3 is 2.13 bits per heavy atom. The molecule has 10 aromatic rings. The Hall–Kier alpha value is -6.65. The molecule has 0 bridgehead atoms. The summed E-state index contributed by atoms with van der Waals surface area (Å²) in [6.45, 7) is 0. The second kappa shape index (κ2) is 10.9. The second-order valence-corrected chi connectivity index (χ2v) is 14.6. The van der Waals surface area contributed by atoms with E-state index in [2.05, 4.69) is 161 Å². The number of nitrogens with zero attached hydrogens (tertiary/aromatic N) is 3. The maximum absolute atomic E-state index is 6.27. The van der Waals surface area contributed by atoms with Gasteiger partial charge >= 0.3 is 0 Å². The zero-order valence-electron chi connectivity index (χ0n) is 29.0. The molecule has 53 heavy (non-hydrogen) atoms. The van der Waals surface area contributed by atoms with Gasteiger partial charge in [-0.25, -0.2) is 4.99 Å². The van der Waals surface area contributed by atoms with Gasteiger partial charge in [-0.3, -0.25) is 4.57 Å². The highest BCUT2D eigenvalue weighted by molar-refractivity contribution is 6.19. The Balaban J connectivity index is 1.15. The van der Waals surface area contributed by atoms with E-state index in [0.29, 0.717) is 0 Å². The number of hydrogen-bond donors (Lipinski definition) is 0. The predicted octanol–water partition coefficient (Wildman–Crippen LogP) is 12.7. The molecule has 0 fully saturated rings. The lowest BCUT2D eigenvalue weighted by atomic mass is 9.87. The molecule has 1 unspecified atom stereocenters. The van der Waals surface area contributed by atoms with Crippen LogP contribution < -0.4 is 0 Å². The first kappa shape index (κ1) is 29.0. The van der Waals surface area contributed by atoms with Crippen LogP contribution in [0.15, 0.2) is 161 Å². The lowest BCUT2D eigenvalue weighted by molar-refractivity contribution is 0.668. The molecule has 4 nitrogen and oxygen atoms in total. The normalized spacial score (nSPS) is 15.5. The summed E-state index contributed by atoms with van der Waals surface area (Å²) < 4.78 is 11.2. The third kappa shape index (κ3) is 4.15.